The molecule has 4 heteroatoms. The van der Waals surface area contributed by atoms with Crippen LogP contribution < -0.4 is 0 Å². The largest absolute Gasteiger partial charge is 0.466 e. The van der Waals surface area contributed by atoms with Crippen LogP contribution in [0.2, 0.25) is 0 Å². The first-order valence-corrected chi connectivity index (χ1v) is 6.01. The van der Waals surface area contributed by atoms with Gasteiger partial charge in [-0.2, -0.15) is 0 Å². The van der Waals surface area contributed by atoms with Gasteiger partial charge in [0.2, 0.25) is 0 Å². The smallest absolute Gasteiger partial charge is 0.126 e. The molecule has 1 atom stereocenters. The minimum absolute atomic E-state index is 0.760. The maximum atomic E-state index is 10.6. The molecule has 16 heavy (non-hydrogen) atoms. The highest BCUT2D eigenvalue weighted by Crippen LogP contribution is 2.36. The Balaban J connectivity index is 2.54. The lowest BCUT2D eigenvalue weighted by molar-refractivity contribution is 0.104. The molecule has 1 N–H and O–H groups in total. The van der Waals surface area contributed by atoms with Crippen LogP contribution in [0, 0.1) is 20.8 Å². The molecule has 0 bridgehead atoms. The molecule has 1 unspecified atom stereocenters. The first kappa shape index (κ1) is 11.4. The second-order valence-electron chi connectivity index (χ2n) is 4.17. The fraction of sp³-hybridized carbons (Fsp3) is 0.417. The molecule has 0 aliphatic carbocycles. The van der Waals surface area contributed by atoms with Crippen molar-refractivity contribution in [3.8, 4) is 0 Å². The minimum Gasteiger partial charge on any atom is -0.466 e. The Morgan fingerprint density at radius 1 is 1.38 bits per heavy atom. The highest BCUT2D eigenvalue weighted by molar-refractivity contribution is 7.09. The van der Waals surface area contributed by atoms with E-state index in [1.54, 1.807) is 12.4 Å². The monoisotopic (exact) mass is 237 g/mol. The number of hydrogen-bond donors (Lipinski definition) is 1. The van der Waals surface area contributed by atoms with Gasteiger partial charge >= 0.3 is 0 Å². The lowest BCUT2D eigenvalue weighted by Crippen LogP contribution is -2.22. The summed E-state index contributed by atoms with van der Waals surface area (Å²) in [7, 11) is 0. The van der Waals surface area contributed by atoms with Gasteiger partial charge in [0.15, 0.2) is 0 Å². The predicted molar refractivity (Wildman–Crippen MR) is 63.7 cm³/mol. The number of hydrogen-bond acceptors (Lipinski definition) is 4. The standard InChI is InChI=1S/C12H15NO2S/c1-7-5-10(9(3)15-7)12(4,14)11-8(2)13-6-16-11/h5-6,14H,1-4H3. The van der Waals surface area contributed by atoms with Crippen LogP contribution in [-0.2, 0) is 5.60 Å². The summed E-state index contributed by atoms with van der Waals surface area (Å²) in [6, 6.07) is 1.88. The van der Waals surface area contributed by atoms with Crippen molar-refractivity contribution in [3.63, 3.8) is 0 Å². The molecule has 2 aromatic rings. The van der Waals surface area contributed by atoms with Crippen molar-refractivity contribution in [1.29, 1.82) is 0 Å². The van der Waals surface area contributed by atoms with E-state index in [9.17, 15) is 5.11 Å². The molecule has 0 saturated heterocycles. The Hall–Kier alpha value is -1.13. The van der Waals surface area contributed by atoms with Gasteiger partial charge in [0.05, 0.1) is 16.1 Å². The number of aryl methyl sites for hydroxylation is 3. The van der Waals surface area contributed by atoms with E-state index in [2.05, 4.69) is 4.98 Å². The van der Waals surface area contributed by atoms with Gasteiger partial charge in [-0.1, -0.05) is 0 Å². The summed E-state index contributed by atoms with van der Waals surface area (Å²) in [6.45, 7) is 7.44. The zero-order valence-corrected chi connectivity index (χ0v) is 10.7. The fourth-order valence-corrected chi connectivity index (χ4v) is 2.88. The minimum atomic E-state index is -1.02. The highest BCUT2D eigenvalue weighted by atomic mass is 32.1. The zero-order valence-electron chi connectivity index (χ0n) is 9.87. The summed E-state index contributed by atoms with van der Waals surface area (Å²) in [4.78, 5) is 5.04. The molecule has 2 rings (SSSR count). The quantitative estimate of drug-likeness (QED) is 0.873. The Labute approximate surface area is 98.8 Å². The molecule has 0 aromatic carbocycles. The van der Waals surface area contributed by atoms with Crippen LogP contribution in [0.3, 0.4) is 0 Å². The summed E-state index contributed by atoms with van der Waals surface area (Å²) in [5.41, 5.74) is 2.42. The molecule has 86 valence electrons. The topological polar surface area (TPSA) is 46.3 Å². The van der Waals surface area contributed by atoms with Gasteiger partial charge in [-0.15, -0.1) is 11.3 Å². The second-order valence-corrected chi connectivity index (χ2v) is 5.02. The molecule has 0 amide bonds. The Bertz CT molecular complexity index is 511. The molecule has 0 aliphatic heterocycles. The van der Waals surface area contributed by atoms with Crippen LogP contribution in [0.4, 0.5) is 0 Å². The highest BCUT2D eigenvalue weighted by Gasteiger charge is 2.32. The van der Waals surface area contributed by atoms with Crippen molar-refractivity contribution in [2.75, 3.05) is 0 Å². The normalized spacial score (nSPS) is 15.1. The summed E-state index contributed by atoms with van der Waals surface area (Å²) >= 11 is 1.47. The van der Waals surface area contributed by atoms with Gasteiger partial charge in [0.25, 0.3) is 0 Å². The number of aromatic nitrogens is 1. The Morgan fingerprint density at radius 2 is 2.06 bits per heavy atom. The van der Waals surface area contributed by atoms with E-state index in [1.807, 2.05) is 26.8 Å². The SMILES string of the molecule is Cc1cc(C(C)(O)c2scnc2C)c(C)o1. The van der Waals surface area contributed by atoms with Crippen LogP contribution in [0.15, 0.2) is 16.0 Å². The van der Waals surface area contributed by atoms with E-state index in [0.29, 0.717) is 0 Å². The van der Waals surface area contributed by atoms with E-state index >= 15 is 0 Å². The van der Waals surface area contributed by atoms with E-state index in [-0.39, 0.29) is 0 Å². The molecule has 2 aromatic heterocycles. The summed E-state index contributed by atoms with van der Waals surface area (Å²) in [5, 5.41) is 10.6. The van der Waals surface area contributed by atoms with Gasteiger partial charge in [-0.05, 0) is 33.8 Å². The molecular formula is C12H15NO2S. The maximum Gasteiger partial charge on any atom is 0.126 e. The predicted octanol–water partition coefficient (Wildman–Crippen LogP) is 2.92. The van der Waals surface area contributed by atoms with Crippen molar-refractivity contribution >= 4 is 11.3 Å². The van der Waals surface area contributed by atoms with Crippen LogP contribution >= 0.6 is 11.3 Å². The molecule has 0 saturated carbocycles. The Kier molecular flexibility index (Phi) is 2.64. The van der Waals surface area contributed by atoms with Gasteiger partial charge < -0.3 is 9.52 Å². The van der Waals surface area contributed by atoms with Gasteiger partial charge in [0.1, 0.15) is 17.1 Å². The number of rotatable bonds is 2. The van der Waals surface area contributed by atoms with Crippen molar-refractivity contribution in [2.45, 2.75) is 33.3 Å². The number of thiazole rings is 1. The molecule has 2 heterocycles. The molecule has 3 nitrogen and oxygen atoms in total. The number of aliphatic hydroxyl groups is 1. The molecule has 0 radical (unpaired) electrons. The molecule has 0 aliphatic rings. The summed E-state index contributed by atoms with van der Waals surface area (Å²) in [6.07, 6.45) is 0. The maximum absolute atomic E-state index is 10.6. The van der Waals surface area contributed by atoms with Crippen LogP contribution in [0.25, 0.3) is 0 Å². The van der Waals surface area contributed by atoms with Gasteiger partial charge in [0, 0.05) is 5.56 Å². The summed E-state index contributed by atoms with van der Waals surface area (Å²) in [5.74, 6) is 1.57. The van der Waals surface area contributed by atoms with Crippen molar-refractivity contribution in [2.24, 2.45) is 0 Å². The summed E-state index contributed by atoms with van der Waals surface area (Å²) < 4.78 is 5.46. The van der Waals surface area contributed by atoms with Crippen molar-refractivity contribution in [3.05, 3.63) is 39.2 Å². The van der Waals surface area contributed by atoms with Gasteiger partial charge in [-0.25, -0.2) is 4.98 Å². The van der Waals surface area contributed by atoms with Crippen LogP contribution in [-0.4, -0.2) is 10.1 Å². The third-order valence-corrected chi connectivity index (χ3v) is 3.89. The van der Waals surface area contributed by atoms with Crippen LogP contribution in [0.1, 0.15) is 34.6 Å². The van der Waals surface area contributed by atoms with Crippen molar-refractivity contribution < 1.29 is 9.52 Å². The first-order valence-electron chi connectivity index (χ1n) is 5.13. The first-order chi connectivity index (χ1) is 7.43. The number of nitrogens with zero attached hydrogens (tertiary/aromatic N) is 1. The molecular weight excluding hydrogens is 222 g/mol. The van der Waals surface area contributed by atoms with Gasteiger partial charge in [-0.3, -0.25) is 0 Å². The second kappa shape index (κ2) is 3.71. The fourth-order valence-electron chi connectivity index (χ4n) is 2.01. The lowest BCUT2D eigenvalue weighted by Gasteiger charge is -2.21. The van der Waals surface area contributed by atoms with Crippen LogP contribution in [0.5, 0.6) is 0 Å². The third-order valence-electron chi connectivity index (χ3n) is 2.75. The number of furan rings is 1. The average molecular weight is 237 g/mol. The average Bonchev–Trinajstić information content (AvgIpc) is 2.72. The lowest BCUT2D eigenvalue weighted by atomic mass is 9.93. The van der Waals surface area contributed by atoms with Crippen molar-refractivity contribution in [1.82, 2.24) is 4.98 Å². The third kappa shape index (κ3) is 1.68. The van der Waals surface area contributed by atoms with E-state index < -0.39 is 5.60 Å². The molecule has 0 fully saturated rings. The van der Waals surface area contributed by atoms with E-state index in [1.165, 1.54) is 11.3 Å². The zero-order chi connectivity index (χ0) is 11.9. The Morgan fingerprint density at radius 3 is 2.50 bits per heavy atom. The van der Waals surface area contributed by atoms with E-state index in [0.717, 1.165) is 27.7 Å². The van der Waals surface area contributed by atoms with E-state index in [4.69, 9.17) is 4.42 Å². The molecule has 0 spiro atoms.